The molecule has 0 unspecified atom stereocenters. The molecule has 0 N–H and O–H groups in total. The SMILES string of the molecule is COc1cc2c(SCc3ccc(F)c(Cl)c3)ncnc2cc1OCCCN1CCOCC1. The number of fused-ring (bicyclic) bond motifs is 1. The maximum Gasteiger partial charge on any atom is 0.163 e. The van der Waals surface area contributed by atoms with Crippen LogP contribution in [0.25, 0.3) is 10.9 Å². The van der Waals surface area contributed by atoms with Gasteiger partial charge in [-0.2, -0.15) is 0 Å². The summed E-state index contributed by atoms with van der Waals surface area (Å²) >= 11 is 7.43. The Labute approximate surface area is 196 Å². The molecule has 32 heavy (non-hydrogen) atoms. The van der Waals surface area contributed by atoms with E-state index in [4.69, 9.17) is 25.8 Å². The van der Waals surface area contributed by atoms with E-state index in [1.807, 2.05) is 12.1 Å². The minimum absolute atomic E-state index is 0.118. The molecule has 0 saturated carbocycles. The molecule has 1 aromatic heterocycles. The van der Waals surface area contributed by atoms with Gasteiger partial charge in [0.05, 0.1) is 37.5 Å². The Balaban J connectivity index is 1.43. The van der Waals surface area contributed by atoms with Gasteiger partial charge in [0, 0.05) is 36.8 Å². The molecule has 0 amide bonds. The van der Waals surface area contributed by atoms with Gasteiger partial charge in [-0.25, -0.2) is 14.4 Å². The smallest absolute Gasteiger partial charge is 0.163 e. The molecule has 2 heterocycles. The van der Waals surface area contributed by atoms with Crippen LogP contribution in [-0.4, -0.2) is 61.4 Å². The topological polar surface area (TPSA) is 56.7 Å². The number of morpholine rings is 1. The van der Waals surface area contributed by atoms with E-state index >= 15 is 0 Å². The first-order valence-electron chi connectivity index (χ1n) is 10.5. The summed E-state index contributed by atoms with van der Waals surface area (Å²) < 4.78 is 30.4. The minimum Gasteiger partial charge on any atom is -0.493 e. The average Bonchev–Trinajstić information content (AvgIpc) is 2.82. The molecular weight excluding hydrogens is 453 g/mol. The highest BCUT2D eigenvalue weighted by Crippen LogP contribution is 2.36. The van der Waals surface area contributed by atoms with Crippen LogP contribution in [0.5, 0.6) is 11.5 Å². The molecular formula is C23H25ClFN3O3S. The standard InChI is InChI=1S/C23H25ClFN3O3S/c1-29-21-12-17-20(13-22(21)31-8-2-5-28-6-9-30-10-7-28)26-15-27-23(17)32-14-16-3-4-19(25)18(24)11-16/h3-4,11-13,15H,2,5-10,14H2,1H3. The van der Waals surface area contributed by atoms with Crippen molar-refractivity contribution in [2.45, 2.75) is 17.2 Å². The molecule has 1 saturated heterocycles. The van der Waals surface area contributed by atoms with Crippen LogP contribution in [0.15, 0.2) is 41.7 Å². The van der Waals surface area contributed by atoms with Gasteiger partial charge >= 0.3 is 0 Å². The third kappa shape index (κ3) is 5.81. The predicted molar refractivity (Wildman–Crippen MR) is 124 cm³/mol. The van der Waals surface area contributed by atoms with E-state index in [1.54, 1.807) is 19.2 Å². The first kappa shape index (κ1) is 23.0. The molecule has 0 spiro atoms. The van der Waals surface area contributed by atoms with Crippen molar-refractivity contribution in [2.75, 3.05) is 46.6 Å². The second-order valence-electron chi connectivity index (χ2n) is 7.39. The number of thioether (sulfide) groups is 1. The second-order valence-corrected chi connectivity index (χ2v) is 8.76. The normalized spacial score (nSPS) is 14.6. The van der Waals surface area contributed by atoms with E-state index in [9.17, 15) is 4.39 Å². The van der Waals surface area contributed by atoms with E-state index in [-0.39, 0.29) is 5.02 Å². The van der Waals surface area contributed by atoms with Crippen LogP contribution < -0.4 is 9.47 Å². The van der Waals surface area contributed by atoms with Gasteiger partial charge in [0.25, 0.3) is 0 Å². The van der Waals surface area contributed by atoms with Crippen LogP contribution in [-0.2, 0) is 10.5 Å². The number of hydrogen-bond donors (Lipinski definition) is 0. The van der Waals surface area contributed by atoms with Crippen LogP contribution >= 0.6 is 23.4 Å². The summed E-state index contributed by atoms with van der Waals surface area (Å²) in [6.45, 7) is 5.12. The summed E-state index contributed by atoms with van der Waals surface area (Å²) in [6.07, 6.45) is 2.46. The zero-order valence-corrected chi connectivity index (χ0v) is 19.4. The summed E-state index contributed by atoms with van der Waals surface area (Å²) in [5.74, 6) is 1.50. The lowest BCUT2D eigenvalue weighted by atomic mass is 10.2. The first-order chi connectivity index (χ1) is 15.6. The van der Waals surface area contributed by atoms with Gasteiger partial charge in [0.2, 0.25) is 0 Å². The largest absolute Gasteiger partial charge is 0.493 e. The van der Waals surface area contributed by atoms with Crippen LogP contribution in [0.2, 0.25) is 5.02 Å². The molecule has 0 bridgehead atoms. The van der Waals surface area contributed by atoms with E-state index in [2.05, 4.69) is 14.9 Å². The Morgan fingerprint density at radius 1 is 1.16 bits per heavy atom. The number of nitrogens with zero attached hydrogens (tertiary/aromatic N) is 3. The minimum atomic E-state index is -0.421. The number of hydrogen-bond acceptors (Lipinski definition) is 7. The highest BCUT2D eigenvalue weighted by molar-refractivity contribution is 7.98. The Bertz CT molecular complexity index is 1070. The van der Waals surface area contributed by atoms with Gasteiger partial charge < -0.3 is 14.2 Å². The Kier molecular flexibility index (Phi) is 8.02. The third-order valence-corrected chi connectivity index (χ3v) is 6.59. The van der Waals surface area contributed by atoms with Crippen molar-refractivity contribution >= 4 is 34.3 Å². The van der Waals surface area contributed by atoms with Crippen molar-refractivity contribution in [3.05, 3.63) is 53.1 Å². The Morgan fingerprint density at radius 2 is 2.00 bits per heavy atom. The van der Waals surface area contributed by atoms with Crippen LogP contribution in [0.3, 0.4) is 0 Å². The van der Waals surface area contributed by atoms with Gasteiger partial charge in [-0.3, -0.25) is 4.90 Å². The fourth-order valence-corrected chi connectivity index (χ4v) is 4.63. The van der Waals surface area contributed by atoms with Crippen molar-refractivity contribution in [1.82, 2.24) is 14.9 Å². The Hall–Kier alpha value is -2.13. The average molecular weight is 478 g/mol. The van der Waals surface area contributed by atoms with Crippen molar-refractivity contribution in [2.24, 2.45) is 0 Å². The van der Waals surface area contributed by atoms with Crippen LogP contribution in [0, 0.1) is 5.82 Å². The van der Waals surface area contributed by atoms with E-state index in [0.29, 0.717) is 23.9 Å². The van der Waals surface area contributed by atoms with Crippen molar-refractivity contribution in [3.63, 3.8) is 0 Å². The molecule has 170 valence electrons. The van der Waals surface area contributed by atoms with Gasteiger partial charge in [-0.15, -0.1) is 11.8 Å². The molecule has 6 nitrogen and oxygen atoms in total. The fourth-order valence-electron chi connectivity index (χ4n) is 3.50. The quantitative estimate of drug-likeness (QED) is 0.248. The number of rotatable bonds is 9. The van der Waals surface area contributed by atoms with E-state index in [0.717, 1.165) is 60.8 Å². The van der Waals surface area contributed by atoms with E-state index < -0.39 is 5.82 Å². The molecule has 9 heteroatoms. The summed E-state index contributed by atoms with van der Waals surface area (Å²) in [6, 6.07) is 8.54. The predicted octanol–water partition coefficient (Wildman–Crippen LogP) is 4.82. The second kappa shape index (κ2) is 11.1. The zero-order valence-electron chi connectivity index (χ0n) is 17.9. The molecule has 1 aliphatic rings. The van der Waals surface area contributed by atoms with Crippen LogP contribution in [0.1, 0.15) is 12.0 Å². The number of benzene rings is 2. The third-order valence-electron chi connectivity index (χ3n) is 5.22. The number of ether oxygens (including phenoxy) is 3. The highest BCUT2D eigenvalue weighted by atomic mass is 35.5. The monoisotopic (exact) mass is 477 g/mol. The first-order valence-corrected chi connectivity index (χ1v) is 11.8. The summed E-state index contributed by atoms with van der Waals surface area (Å²) in [7, 11) is 1.62. The molecule has 2 aromatic carbocycles. The lowest BCUT2D eigenvalue weighted by Crippen LogP contribution is -2.37. The maximum absolute atomic E-state index is 13.4. The molecule has 0 aliphatic carbocycles. The molecule has 4 rings (SSSR count). The van der Waals surface area contributed by atoms with E-state index in [1.165, 1.54) is 24.2 Å². The zero-order chi connectivity index (χ0) is 22.3. The molecule has 3 aromatic rings. The van der Waals surface area contributed by atoms with Crippen molar-refractivity contribution in [1.29, 1.82) is 0 Å². The maximum atomic E-state index is 13.4. The van der Waals surface area contributed by atoms with Gasteiger partial charge in [0.1, 0.15) is 17.2 Å². The highest BCUT2D eigenvalue weighted by Gasteiger charge is 2.14. The van der Waals surface area contributed by atoms with Gasteiger partial charge in [-0.05, 0) is 30.2 Å². The van der Waals surface area contributed by atoms with Gasteiger partial charge in [0.15, 0.2) is 11.5 Å². The molecule has 1 fully saturated rings. The fraction of sp³-hybridized carbons (Fsp3) is 0.391. The van der Waals surface area contributed by atoms with Gasteiger partial charge in [-0.1, -0.05) is 17.7 Å². The number of aromatic nitrogens is 2. The molecule has 0 radical (unpaired) electrons. The summed E-state index contributed by atoms with van der Waals surface area (Å²) in [5, 5.41) is 1.81. The van der Waals surface area contributed by atoms with Crippen molar-refractivity contribution in [3.8, 4) is 11.5 Å². The number of halogens is 2. The molecule has 0 atom stereocenters. The summed E-state index contributed by atoms with van der Waals surface area (Å²) in [5.41, 5.74) is 1.70. The Morgan fingerprint density at radius 3 is 2.78 bits per heavy atom. The summed E-state index contributed by atoms with van der Waals surface area (Å²) in [4.78, 5) is 11.2. The van der Waals surface area contributed by atoms with Crippen molar-refractivity contribution < 1.29 is 18.6 Å². The molecule has 1 aliphatic heterocycles. The number of methoxy groups -OCH3 is 1. The lowest BCUT2D eigenvalue weighted by molar-refractivity contribution is 0.0357. The lowest BCUT2D eigenvalue weighted by Gasteiger charge is -2.26. The van der Waals surface area contributed by atoms with Crippen LogP contribution in [0.4, 0.5) is 4.39 Å².